The molecule has 0 unspecified atom stereocenters. The molecule has 0 radical (unpaired) electrons. The quantitative estimate of drug-likeness (QED) is 0.940. The van der Waals surface area contributed by atoms with Crippen LogP contribution in [-0.4, -0.2) is 48.1 Å². The fraction of sp³-hybridized carbons (Fsp3) is 0.444. The van der Waals surface area contributed by atoms with Crippen molar-refractivity contribution in [1.82, 2.24) is 14.9 Å². The highest BCUT2D eigenvalue weighted by molar-refractivity contribution is 5.58. The van der Waals surface area contributed by atoms with E-state index in [4.69, 9.17) is 4.98 Å². The number of anilines is 3. The van der Waals surface area contributed by atoms with Gasteiger partial charge in [-0.25, -0.2) is 4.98 Å². The summed E-state index contributed by atoms with van der Waals surface area (Å²) in [6.07, 6.45) is 1.06. The summed E-state index contributed by atoms with van der Waals surface area (Å²) in [7, 11) is 2.15. The molecule has 1 saturated heterocycles. The number of hydrogen-bond donors (Lipinski definition) is 1. The zero-order chi connectivity index (χ0) is 16.2. The molecule has 1 aliphatic heterocycles. The van der Waals surface area contributed by atoms with Gasteiger partial charge in [0.1, 0.15) is 5.82 Å². The Morgan fingerprint density at radius 3 is 2.39 bits per heavy atom. The van der Waals surface area contributed by atoms with Crippen molar-refractivity contribution in [1.29, 1.82) is 0 Å². The molecule has 5 nitrogen and oxygen atoms in total. The Labute approximate surface area is 138 Å². The number of aryl methyl sites for hydroxylation is 2. The molecule has 1 N–H and O–H groups in total. The first-order chi connectivity index (χ1) is 11.1. The molecule has 122 valence electrons. The molecule has 3 rings (SSSR count). The lowest BCUT2D eigenvalue weighted by atomic mass is 10.1. The van der Waals surface area contributed by atoms with Crippen molar-refractivity contribution in [3.63, 3.8) is 0 Å². The van der Waals surface area contributed by atoms with Crippen LogP contribution in [0.4, 0.5) is 17.5 Å². The molecule has 2 heterocycles. The molecule has 0 saturated carbocycles. The molecule has 0 amide bonds. The highest BCUT2D eigenvalue weighted by atomic mass is 15.3. The molecule has 1 aromatic heterocycles. The third-order valence-corrected chi connectivity index (χ3v) is 4.26. The molecular weight excluding hydrogens is 286 g/mol. The number of likely N-dealkylation sites (N-methyl/N-ethyl adjacent to an activating group) is 1. The highest BCUT2D eigenvalue weighted by Gasteiger charge is 2.17. The van der Waals surface area contributed by atoms with Crippen molar-refractivity contribution >= 4 is 17.5 Å². The van der Waals surface area contributed by atoms with E-state index in [2.05, 4.69) is 58.3 Å². The summed E-state index contributed by atoms with van der Waals surface area (Å²) in [5.41, 5.74) is 3.39. The summed E-state index contributed by atoms with van der Waals surface area (Å²) >= 11 is 0. The molecule has 1 aromatic carbocycles. The van der Waals surface area contributed by atoms with E-state index in [1.165, 1.54) is 5.56 Å². The zero-order valence-corrected chi connectivity index (χ0v) is 14.2. The zero-order valence-electron chi connectivity index (χ0n) is 14.2. The molecule has 0 atom stereocenters. The van der Waals surface area contributed by atoms with Gasteiger partial charge in [0.2, 0.25) is 5.95 Å². The van der Waals surface area contributed by atoms with Crippen LogP contribution < -0.4 is 10.2 Å². The third kappa shape index (κ3) is 3.99. The van der Waals surface area contributed by atoms with Gasteiger partial charge in [0.05, 0.1) is 0 Å². The first-order valence-electron chi connectivity index (χ1n) is 8.29. The number of hydrogen-bond acceptors (Lipinski definition) is 5. The maximum absolute atomic E-state index is 4.71. The van der Waals surface area contributed by atoms with E-state index in [1.807, 2.05) is 13.0 Å². The number of rotatable bonds is 4. The fourth-order valence-corrected chi connectivity index (χ4v) is 2.74. The Morgan fingerprint density at radius 2 is 1.74 bits per heavy atom. The Bertz CT molecular complexity index is 645. The largest absolute Gasteiger partial charge is 0.340 e. The Hall–Kier alpha value is -2.14. The predicted octanol–water partition coefficient (Wildman–Crippen LogP) is 2.84. The van der Waals surface area contributed by atoms with E-state index in [9.17, 15) is 0 Å². The molecule has 2 aromatic rings. The maximum Gasteiger partial charge on any atom is 0.227 e. The topological polar surface area (TPSA) is 44.3 Å². The summed E-state index contributed by atoms with van der Waals surface area (Å²) in [5.74, 6) is 1.68. The molecule has 0 spiro atoms. The van der Waals surface area contributed by atoms with Crippen LogP contribution in [0.5, 0.6) is 0 Å². The van der Waals surface area contributed by atoms with Gasteiger partial charge >= 0.3 is 0 Å². The maximum atomic E-state index is 4.71. The van der Waals surface area contributed by atoms with Gasteiger partial charge in [0, 0.05) is 43.6 Å². The molecule has 5 heteroatoms. The monoisotopic (exact) mass is 311 g/mol. The van der Waals surface area contributed by atoms with Crippen LogP contribution in [0.1, 0.15) is 18.2 Å². The Kier molecular flexibility index (Phi) is 4.76. The lowest BCUT2D eigenvalue weighted by molar-refractivity contribution is 0.311. The van der Waals surface area contributed by atoms with Crippen molar-refractivity contribution in [3.05, 3.63) is 41.6 Å². The van der Waals surface area contributed by atoms with Crippen molar-refractivity contribution in [2.75, 3.05) is 43.4 Å². The normalized spacial score (nSPS) is 15.7. The molecular formula is C18H25N5. The lowest BCUT2D eigenvalue weighted by Gasteiger charge is -2.32. The summed E-state index contributed by atoms with van der Waals surface area (Å²) in [5, 5.41) is 3.40. The fourth-order valence-electron chi connectivity index (χ4n) is 2.74. The van der Waals surface area contributed by atoms with Crippen molar-refractivity contribution in [3.8, 4) is 0 Å². The minimum atomic E-state index is 0.825. The first kappa shape index (κ1) is 15.7. The van der Waals surface area contributed by atoms with Gasteiger partial charge in [-0.15, -0.1) is 0 Å². The van der Waals surface area contributed by atoms with Gasteiger partial charge < -0.3 is 15.1 Å². The number of nitrogens with zero attached hydrogens (tertiary/aromatic N) is 4. The van der Waals surface area contributed by atoms with Crippen molar-refractivity contribution in [2.45, 2.75) is 20.3 Å². The number of benzene rings is 1. The van der Waals surface area contributed by atoms with E-state index in [1.54, 1.807) is 0 Å². The van der Waals surface area contributed by atoms with Crippen LogP contribution in [0.2, 0.25) is 0 Å². The summed E-state index contributed by atoms with van der Waals surface area (Å²) in [6.45, 7) is 8.25. The van der Waals surface area contributed by atoms with Crippen LogP contribution in [0.3, 0.4) is 0 Å². The lowest BCUT2D eigenvalue weighted by Crippen LogP contribution is -2.45. The second kappa shape index (κ2) is 6.96. The highest BCUT2D eigenvalue weighted by Crippen LogP contribution is 2.20. The smallest absolute Gasteiger partial charge is 0.227 e. The van der Waals surface area contributed by atoms with Crippen LogP contribution in [0.15, 0.2) is 30.3 Å². The molecule has 0 bridgehead atoms. The summed E-state index contributed by atoms with van der Waals surface area (Å²) in [4.78, 5) is 13.9. The van der Waals surface area contributed by atoms with Crippen LogP contribution in [-0.2, 0) is 6.42 Å². The summed E-state index contributed by atoms with van der Waals surface area (Å²) in [6, 6.07) is 10.5. The van der Waals surface area contributed by atoms with E-state index in [0.717, 1.165) is 55.7 Å². The van der Waals surface area contributed by atoms with Gasteiger partial charge in [0.15, 0.2) is 0 Å². The van der Waals surface area contributed by atoms with E-state index in [-0.39, 0.29) is 0 Å². The van der Waals surface area contributed by atoms with E-state index >= 15 is 0 Å². The molecule has 23 heavy (non-hydrogen) atoms. The van der Waals surface area contributed by atoms with E-state index in [0.29, 0.717) is 0 Å². The SMILES string of the molecule is CCc1ccc(Nc2cc(C)nc(N3CCN(C)CC3)n2)cc1. The average molecular weight is 311 g/mol. The van der Waals surface area contributed by atoms with Crippen LogP contribution in [0.25, 0.3) is 0 Å². The predicted molar refractivity (Wildman–Crippen MR) is 95.6 cm³/mol. The van der Waals surface area contributed by atoms with Gasteiger partial charge in [-0.05, 0) is 38.1 Å². The van der Waals surface area contributed by atoms with E-state index < -0.39 is 0 Å². The van der Waals surface area contributed by atoms with Crippen LogP contribution in [0, 0.1) is 6.92 Å². The standard InChI is InChI=1S/C18H25N5/c1-4-15-5-7-16(8-6-15)20-17-13-14(2)19-18(21-17)23-11-9-22(3)10-12-23/h5-8,13H,4,9-12H2,1-3H3,(H,19,20,21). The van der Waals surface area contributed by atoms with Gasteiger partial charge in [-0.3, -0.25) is 0 Å². The van der Waals surface area contributed by atoms with Crippen molar-refractivity contribution < 1.29 is 0 Å². The Morgan fingerprint density at radius 1 is 1.04 bits per heavy atom. The van der Waals surface area contributed by atoms with Gasteiger partial charge in [-0.1, -0.05) is 19.1 Å². The van der Waals surface area contributed by atoms with Gasteiger partial charge in [-0.2, -0.15) is 4.98 Å². The van der Waals surface area contributed by atoms with Gasteiger partial charge in [0.25, 0.3) is 0 Å². The minimum Gasteiger partial charge on any atom is -0.340 e. The molecule has 1 fully saturated rings. The first-order valence-corrected chi connectivity index (χ1v) is 8.29. The second-order valence-corrected chi connectivity index (χ2v) is 6.16. The second-order valence-electron chi connectivity index (χ2n) is 6.16. The molecule has 1 aliphatic rings. The minimum absolute atomic E-state index is 0.825. The molecule has 0 aliphatic carbocycles. The number of nitrogens with one attached hydrogen (secondary N) is 1. The van der Waals surface area contributed by atoms with Crippen LogP contribution >= 0.6 is 0 Å². The number of piperazine rings is 1. The number of aromatic nitrogens is 2. The average Bonchev–Trinajstić information content (AvgIpc) is 2.56. The Balaban J connectivity index is 1.76. The third-order valence-electron chi connectivity index (χ3n) is 4.26. The van der Waals surface area contributed by atoms with Crippen molar-refractivity contribution in [2.24, 2.45) is 0 Å². The summed E-state index contributed by atoms with van der Waals surface area (Å²) < 4.78 is 0.